The zero-order chi connectivity index (χ0) is 28.1. The van der Waals surface area contributed by atoms with Crippen molar-refractivity contribution in [3.05, 3.63) is 67.3 Å². The van der Waals surface area contributed by atoms with Crippen molar-refractivity contribution in [3.8, 4) is 17.0 Å². The van der Waals surface area contributed by atoms with Crippen LogP contribution in [0.4, 0.5) is 24.8 Å². The second-order valence-corrected chi connectivity index (χ2v) is 8.96. The van der Waals surface area contributed by atoms with Crippen molar-refractivity contribution < 1.29 is 27.5 Å². The van der Waals surface area contributed by atoms with Crippen LogP contribution in [0.5, 0.6) is 5.75 Å². The Labute approximate surface area is 226 Å². The highest BCUT2D eigenvalue weighted by Gasteiger charge is 2.31. The fourth-order valence-corrected chi connectivity index (χ4v) is 4.34. The summed E-state index contributed by atoms with van der Waals surface area (Å²) in [6.45, 7) is 2.17. The number of benzene rings is 1. The number of ether oxygens (including phenoxy) is 1. The van der Waals surface area contributed by atoms with E-state index < -0.39 is 6.36 Å². The lowest BCUT2D eigenvalue weighted by atomic mass is 10.1. The number of fused-ring (bicyclic) bond motifs is 1. The van der Waals surface area contributed by atoms with E-state index >= 15 is 0 Å². The molecule has 0 spiro atoms. The van der Waals surface area contributed by atoms with E-state index in [-0.39, 0.29) is 30.7 Å². The van der Waals surface area contributed by atoms with Crippen molar-refractivity contribution in [2.45, 2.75) is 6.36 Å². The number of hydrogen-bond acceptors (Lipinski definition) is 8. The molecule has 1 aromatic carbocycles. The molecule has 4 aromatic rings. The molecule has 0 unspecified atom stereocenters. The van der Waals surface area contributed by atoms with Gasteiger partial charge in [-0.15, -0.1) is 13.2 Å². The monoisotopic (exact) mass is 554 g/mol. The smallest absolute Gasteiger partial charge is 0.406 e. The second kappa shape index (κ2) is 11.6. The van der Waals surface area contributed by atoms with E-state index in [1.54, 1.807) is 52.3 Å². The van der Waals surface area contributed by atoms with E-state index in [9.17, 15) is 22.8 Å². The minimum absolute atomic E-state index is 0.0292. The van der Waals surface area contributed by atoms with Gasteiger partial charge in [-0.25, -0.2) is 9.97 Å². The van der Waals surface area contributed by atoms with Gasteiger partial charge >= 0.3 is 6.36 Å². The van der Waals surface area contributed by atoms with Crippen molar-refractivity contribution >= 4 is 29.1 Å². The third-order valence-electron chi connectivity index (χ3n) is 6.22. The van der Waals surface area contributed by atoms with Gasteiger partial charge in [-0.1, -0.05) is 6.07 Å². The molecule has 1 aliphatic rings. The number of anilines is 2. The van der Waals surface area contributed by atoms with Crippen LogP contribution in [0.1, 0.15) is 0 Å². The van der Waals surface area contributed by atoms with Crippen molar-refractivity contribution in [1.29, 1.82) is 0 Å². The molecular weight excluding hydrogens is 529 g/mol. The van der Waals surface area contributed by atoms with Gasteiger partial charge in [0, 0.05) is 50.3 Å². The van der Waals surface area contributed by atoms with Crippen LogP contribution < -0.4 is 15.4 Å². The maximum absolute atomic E-state index is 13.0. The number of imidazole rings is 1. The minimum Gasteiger partial charge on any atom is -0.406 e. The van der Waals surface area contributed by atoms with Crippen LogP contribution in [0.3, 0.4) is 0 Å². The normalized spacial score (nSPS) is 14.2. The highest BCUT2D eigenvalue weighted by atomic mass is 19.4. The Bertz CT molecular complexity index is 1470. The molecular formula is C26H25F3N8O3. The second-order valence-electron chi connectivity index (χ2n) is 8.96. The molecule has 0 atom stereocenters. The fraction of sp³-hybridized carbons (Fsp3) is 0.269. The average molecular weight is 555 g/mol. The molecule has 0 aliphatic carbocycles. The van der Waals surface area contributed by atoms with Crippen molar-refractivity contribution in [2.75, 3.05) is 49.9 Å². The number of hydrogen-bond donors (Lipinski definition) is 2. The average Bonchev–Trinajstić information content (AvgIpc) is 3.30. The lowest BCUT2D eigenvalue weighted by Crippen LogP contribution is -2.51. The number of carbonyl (C=O) groups is 2. The summed E-state index contributed by atoms with van der Waals surface area (Å²) in [5, 5.41) is 5.89. The van der Waals surface area contributed by atoms with Crippen molar-refractivity contribution in [3.63, 3.8) is 0 Å². The Morgan fingerprint density at radius 1 is 1.00 bits per heavy atom. The predicted molar refractivity (Wildman–Crippen MR) is 139 cm³/mol. The molecule has 3 aromatic heterocycles. The largest absolute Gasteiger partial charge is 0.573 e. The van der Waals surface area contributed by atoms with Gasteiger partial charge in [-0.2, -0.15) is 0 Å². The number of nitrogens with zero attached hydrogens (tertiary/aromatic N) is 6. The number of rotatable bonds is 8. The Balaban J connectivity index is 1.20. The number of aromatic nitrogens is 4. The first-order valence-electron chi connectivity index (χ1n) is 12.4. The molecule has 11 nitrogen and oxygen atoms in total. The van der Waals surface area contributed by atoms with Gasteiger partial charge in [0.15, 0.2) is 5.65 Å². The maximum atomic E-state index is 13.0. The predicted octanol–water partition coefficient (Wildman–Crippen LogP) is 2.88. The highest BCUT2D eigenvalue weighted by molar-refractivity contribution is 5.91. The summed E-state index contributed by atoms with van der Waals surface area (Å²) in [4.78, 5) is 41.7. The lowest BCUT2D eigenvalue weighted by Gasteiger charge is -2.34. The number of halogens is 3. The van der Waals surface area contributed by atoms with E-state index in [1.807, 2.05) is 4.90 Å². The molecule has 1 fully saturated rings. The van der Waals surface area contributed by atoms with Gasteiger partial charge < -0.3 is 20.3 Å². The van der Waals surface area contributed by atoms with Gasteiger partial charge in [0.05, 0.1) is 19.3 Å². The Morgan fingerprint density at radius 3 is 2.48 bits per heavy atom. The summed E-state index contributed by atoms with van der Waals surface area (Å²) in [7, 11) is 0. The van der Waals surface area contributed by atoms with Gasteiger partial charge in [0.25, 0.3) is 0 Å². The summed E-state index contributed by atoms with van der Waals surface area (Å²) in [6, 6.07) is 10.6. The third-order valence-corrected chi connectivity index (χ3v) is 6.22. The molecule has 40 heavy (non-hydrogen) atoms. The summed E-state index contributed by atoms with van der Waals surface area (Å²) in [5.41, 5.74) is 1.48. The number of nitrogens with one attached hydrogen (secondary N) is 2. The van der Waals surface area contributed by atoms with Crippen LogP contribution >= 0.6 is 0 Å². The third kappa shape index (κ3) is 6.64. The molecule has 208 valence electrons. The number of amides is 2. The Kier molecular flexibility index (Phi) is 7.77. The Morgan fingerprint density at radius 2 is 1.77 bits per heavy atom. The lowest BCUT2D eigenvalue weighted by molar-refractivity contribution is -0.274. The summed E-state index contributed by atoms with van der Waals surface area (Å²) in [5.74, 6) is 0.328. The number of alkyl halides is 3. The fourth-order valence-electron chi connectivity index (χ4n) is 4.34. The number of piperazine rings is 1. The summed E-state index contributed by atoms with van der Waals surface area (Å²) in [6.07, 6.45) is 1.59. The molecule has 14 heteroatoms. The molecule has 1 aliphatic heterocycles. The molecule has 5 rings (SSSR count). The van der Waals surface area contributed by atoms with Gasteiger partial charge in [-0.05, 0) is 36.4 Å². The molecule has 0 bridgehead atoms. The zero-order valence-corrected chi connectivity index (χ0v) is 21.1. The topological polar surface area (TPSA) is 117 Å². The van der Waals surface area contributed by atoms with Crippen molar-refractivity contribution in [1.82, 2.24) is 29.2 Å². The maximum Gasteiger partial charge on any atom is 0.573 e. The first-order valence-corrected chi connectivity index (χ1v) is 12.4. The van der Waals surface area contributed by atoms with E-state index in [1.165, 1.54) is 24.3 Å². The molecule has 2 amide bonds. The van der Waals surface area contributed by atoms with Crippen LogP contribution in [-0.4, -0.2) is 86.6 Å². The summed E-state index contributed by atoms with van der Waals surface area (Å²) >= 11 is 0. The Hall–Kier alpha value is -4.72. The van der Waals surface area contributed by atoms with Crippen LogP contribution in [0.15, 0.2) is 67.3 Å². The van der Waals surface area contributed by atoms with E-state index in [2.05, 4.69) is 30.3 Å². The van der Waals surface area contributed by atoms with E-state index in [0.29, 0.717) is 54.7 Å². The highest BCUT2D eigenvalue weighted by Crippen LogP contribution is 2.31. The molecule has 2 N–H and O–H groups in total. The minimum atomic E-state index is -4.79. The zero-order valence-electron chi connectivity index (χ0n) is 21.1. The molecule has 4 heterocycles. The van der Waals surface area contributed by atoms with Gasteiger partial charge in [0.1, 0.15) is 23.1 Å². The number of pyridine rings is 1. The van der Waals surface area contributed by atoms with Crippen LogP contribution in [0, 0.1) is 0 Å². The van der Waals surface area contributed by atoms with Crippen LogP contribution in [0.25, 0.3) is 16.9 Å². The van der Waals surface area contributed by atoms with Gasteiger partial charge in [-0.3, -0.25) is 23.9 Å². The SMILES string of the molecule is O=C(CN1CCN(C(=O)CNc2c(-c3ccc(OC(F)(F)F)cc3)nc3cnccn23)CC1)Nc1ccccn1. The van der Waals surface area contributed by atoms with Gasteiger partial charge in [0.2, 0.25) is 11.8 Å². The number of carbonyl (C=O) groups excluding carboxylic acids is 2. The first-order chi connectivity index (χ1) is 19.2. The standard InChI is InChI=1S/C26H25F3N8O3/c27-26(28,29)40-19-6-4-18(5-7-19)24-25(37-10-9-30-15-21(37)34-24)32-16-23(39)36-13-11-35(12-14-36)17-22(38)33-20-3-1-2-8-31-20/h1-10,15,32H,11-14,16-17H2,(H,31,33,38). The van der Waals surface area contributed by atoms with E-state index in [4.69, 9.17) is 0 Å². The van der Waals surface area contributed by atoms with E-state index in [0.717, 1.165) is 0 Å². The molecule has 0 saturated carbocycles. The summed E-state index contributed by atoms with van der Waals surface area (Å²) < 4.78 is 43.3. The molecule has 1 saturated heterocycles. The van der Waals surface area contributed by atoms with Crippen molar-refractivity contribution in [2.24, 2.45) is 0 Å². The van der Waals surface area contributed by atoms with Crippen LogP contribution in [-0.2, 0) is 9.59 Å². The first kappa shape index (κ1) is 26.9. The molecule has 0 radical (unpaired) electrons. The quantitative estimate of drug-likeness (QED) is 0.342. The van der Waals surface area contributed by atoms with Crippen LogP contribution in [0.2, 0.25) is 0 Å².